The molecule has 1 aliphatic heterocycles. The van der Waals surface area contributed by atoms with E-state index >= 15 is 0 Å². The number of rotatable bonds is 1. The number of nitrogens with one attached hydrogen (secondary N) is 1. The Bertz CT molecular complexity index is 363. The first-order valence-corrected chi connectivity index (χ1v) is 4.67. The molecule has 1 atom stereocenters. The maximum Gasteiger partial charge on any atom is 0.290 e. The molecule has 1 aliphatic rings. The molecule has 0 saturated carbocycles. The summed E-state index contributed by atoms with van der Waals surface area (Å²) in [5, 5.41) is 0. The molecule has 5 nitrogen and oxygen atoms in total. The van der Waals surface area contributed by atoms with E-state index in [9.17, 15) is 4.79 Å². The SMILES string of the molecule is CC1COCCN1c1ncc[nH]c1=O. The minimum absolute atomic E-state index is 0.138. The van der Waals surface area contributed by atoms with Crippen molar-refractivity contribution in [3.63, 3.8) is 0 Å². The highest BCUT2D eigenvalue weighted by molar-refractivity contribution is 5.36. The first kappa shape index (κ1) is 9.21. The van der Waals surface area contributed by atoms with Crippen LogP contribution in [-0.4, -0.2) is 35.8 Å². The third-order valence-corrected chi connectivity index (χ3v) is 2.33. The summed E-state index contributed by atoms with van der Waals surface area (Å²) >= 11 is 0. The summed E-state index contributed by atoms with van der Waals surface area (Å²) in [6.07, 6.45) is 3.13. The fraction of sp³-hybridized carbons (Fsp3) is 0.556. The quantitative estimate of drug-likeness (QED) is 0.685. The molecule has 0 aromatic carbocycles. The standard InChI is InChI=1S/C9H13N3O2/c1-7-6-14-5-4-12(7)8-9(13)11-3-2-10-8/h2-3,7H,4-6H2,1H3,(H,11,13). The van der Waals surface area contributed by atoms with Crippen LogP contribution in [0.5, 0.6) is 0 Å². The topological polar surface area (TPSA) is 58.2 Å². The zero-order chi connectivity index (χ0) is 9.97. The van der Waals surface area contributed by atoms with Gasteiger partial charge in [0.15, 0.2) is 5.82 Å². The van der Waals surface area contributed by atoms with Crippen LogP contribution in [0.1, 0.15) is 6.92 Å². The highest BCUT2D eigenvalue weighted by Crippen LogP contribution is 2.11. The average molecular weight is 195 g/mol. The van der Waals surface area contributed by atoms with Crippen molar-refractivity contribution in [2.24, 2.45) is 0 Å². The number of aromatic nitrogens is 2. The molecule has 1 fully saturated rings. The number of ether oxygens (including phenoxy) is 1. The van der Waals surface area contributed by atoms with Gasteiger partial charge in [0.1, 0.15) is 0 Å². The lowest BCUT2D eigenvalue weighted by Crippen LogP contribution is -2.46. The minimum atomic E-state index is -0.138. The van der Waals surface area contributed by atoms with Gasteiger partial charge in [-0.1, -0.05) is 0 Å². The number of hydrogen-bond donors (Lipinski definition) is 1. The van der Waals surface area contributed by atoms with Crippen molar-refractivity contribution in [3.05, 3.63) is 22.7 Å². The molecule has 0 aliphatic carbocycles. The molecule has 2 heterocycles. The number of nitrogens with zero attached hydrogens (tertiary/aromatic N) is 2. The summed E-state index contributed by atoms with van der Waals surface area (Å²) < 4.78 is 5.29. The Kier molecular flexibility index (Phi) is 2.49. The van der Waals surface area contributed by atoms with Crippen molar-refractivity contribution in [1.29, 1.82) is 0 Å². The Hall–Kier alpha value is -1.36. The largest absolute Gasteiger partial charge is 0.377 e. The van der Waals surface area contributed by atoms with Crippen LogP contribution in [-0.2, 0) is 4.74 Å². The first-order chi connectivity index (χ1) is 6.79. The summed E-state index contributed by atoms with van der Waals surface area (Å²) in [6, 6.07) is 0.208. The van der Waals surface area contributed by atoms with Gasteiger partial charge in [-0.2, -0.15) is 0 Å². The predicted octanol–water partition coefficient (Wildman–Crippen LogP) is -0.00500. The molecule has 1 saturated heterocycles. The highest BCUT2D eigenvalue weighted by atomic mass is 16.5. The van der Waals surface area contributed by atoms with E-state index in [1.807, 2.05) is 11.8 Å². The Morgan fingerprint density at radius 2 is 2.57 bits per heavy atom. The van der Waals surface area contributed by atoms with Gasteiger partial charge in [0.25, 0.3) is 5.56 Å². The van der Waals surface area contributed by atoms with Gasteiger partial charge in [-0.05, 0) is 6.92 Å². The zero-order valence-electron chi connectivity index (χ0n) is 8.06. The van der Waals surface area contributed by atoms with E-state index < -0.39 is 0 Å². The summed E-state index contributed by atoms with van der Waals surface area (Å²) in [6.45, 7) is 4.05. The number of anilines is 1. The molecule has 1 aromatic rings. The smallest absolute Gasteiger partial charge is 0.290 e. The fourth-order valence-electron chi connectivity index (χ4n) is 1.59. The number of aromatic amines is 1. The maximum atomic E-state index is 11.5. The third kappa shape index (κ3) is 1.63. The van der Waals surface area contributed by atoms with E-state index in [2.05, 4.69) is 9.97 Å². The molecule has 0 amide bonds. The second kappa shape index (κ2) is 3.79. The molecule has 14 heavy (non-hydrogen) atoms. The fourth-order valence-corrected chi connectivity index (χ4v) is 1.59. The molecular weight excluding hydrogens is 182 g/mol. The Balaban J connectivity index is 2.29. The molecule has 1 unspecified atom stereocenters. The minimum Gasteiger partial charge on any atom is -0.377 e. The van der Waals surface area contributed by atoms with Crippen LogP contribution in [0.25, 0.3) is 0 Å². The van der Waals surface area contributed by atoms with E-state index in [1.165, 1.54) is 6.20 Å². The van der Waals surface area contributed by atoms with Crippen LogP contribution in [0.2, 0.25) is 0 Å². The third-order valence-electron chi connectivity index (χ3n) is 2.33. The van der Waals surface area contributed by atoms with Crippen molar-refractivity contribution in [1.82, 2.24) is 9.97 Å². The lowest BCUT2D eigenvalue weighted by Gasteiger charge is -2.33. The van der Waals surface area contributed by atoms with Crippen molar-refractivity contribution >= 4 is 5.82 Å². The molecule has 0 bridgehead atoms. The molecule has 5 heteroatoms. The second-order valence-electron chi connectivity index (χ2n) is 3.36. The van der Waals surface area contributed by atoms with Crippen LogP contribution in [0.15, 0.2) is 17.2 Å². The normalized spacial score (nSPS) is 22.4. The van der Waals surface area contributed by atoms with Crippen LogP contribution in [0.4, 0.5) is 5.82 Å². The van der Waals surface area contributed by atoms with E-state index in [-0.39, 0.29) is 11.6 Å². The Labute approximate surface area is 81.7 Å². The number of H-pyrrole nitrogens is 1. The van der Waals surface area contributed by atoms with Gasteiger partial charge < -0.3 is 14.6 Å². The van der Waals surface area contributed by atoms with Crippen molar-refractivity contribution in [2.45, 2.75) is 13.0 Å². The number of hydrogen-bond acceptors (Lipinski definition) is 4. The summed E-state index contributed by atoms with van der Waals surface area (Å²) in [5.41, 5.74) is -0.138. The predicted molar refractivity (Wildman–Crippen MR) is 52.5 cm³/mol. The molecule has 0 radical (unpaired) electrons. The molecule has 1 aromatic heterocycles. The van der Waals surface area contributed by atoms with Crippen LogP contribution in [0, 0.1) is 0 Å². The van der Waals surface area contributed by atoms with E-state index in [4.69, 9.17) is 4.74 Å². The van der Waals surface area contributed by atoms with Crippen LogP contribution < -0.4 is 10.5 Å². The van der Waals surface area contributed by atoms with E-state index in [0.717, 1.165) is 6.54 Å². The Morgan fingerprint density at radius 3 is 3.29 bits per heavy atom. The van der Waals surface area contributed by atoms with Gasteiger partial charge in [0.05, 0.1) is 19.3 Å². The van der Waals surface area contributed by atoms with Crippen molar-refractivity contribution in [3.8, 4) is 0 Å². The lowest BCUT2D eigenvalue weighted by molar-refractivity contribution is 0.0984. The van der Waals surface area contributed by atoms with Gasteiger partial charge >= 0.3 is 0 Å². The molecule has 2 rings (SSSR count). The lowest BCUT2D eigenvalue weighted by atomic mass is 10.2. The van der Waals surface area contributed by atoms with E-state index in [0.29, 0.717) is 19.0 Å². The van der Waals surface area contributed by atoms with E-state index in [1.54, 1.807) is 6.20 Å². The molecule has 0 spiro atoms. The Morgan fingerprint density at radius 1 is 1.71 bits per heavy atom. The van der Waals surface area contributed by atoms with Crippen molar-refractivity contribution < 1.29 is 4.74 Å². The van der Waals surface area contributed by atoms with Crippen LogP contribution in [0.3, 0.4) is 0 Å². The van der Waals surface area contributed by atoms with Gasteiger partial charge in [-0.15, -0.1) is 0 Å². The molecular formula is C9H13N3O2. The summed E-state index contributed by atoms with van der Waals surface area (Å²) in [5.74, 6) is 0.489. The second-order valence-corrected chi connectivity index (χ2v) is 3.36. The van der Waals surface area contributed by atoms with Gasteiger partial charge in [0, 0.05) is 18.9 Å². The average Bonchev–Trinajstić information content (AvgIpc) is 2.20. The maximum absolute atomic E-state index is 11.5. The van der Waals surface area contributed by atoms with Gasteiger partial charge in [0.2, 0.25) is 0 Å². The number of morpholine rings is 1. The summed E-state index contributed by atoms with van der Waals surface area (Å²) in [4.78, 5) is 20.1. The first-order valence-electron chi connectivity index (χ1n) is 4.67. The molecule has 76 valence electrons. The van der Waals surface area contributed by atoms with Crippen LogP contribution >= 0.6 is 0 Å². The highest BCUT2D eigenvalue weighted by Gasteiger charge is 2.21. The van der Waals surface area contributed by atoms with Crippen molar-refractivity contribution in [2.75, 3.05) is 24.7 Å². The monoisotopic (exact) mass is 195 g/mol. The molecule has 1 N–H and O–H groups in total. The van der Waals surface area contributed by atoms with Gasteiger partial charge in [-0.3, -0.25) is 4.79 Å². The zero-order valence-corrected chi connectivity index (χ0v) is 8.06. The summed E-state index contributed by atoms with van der Waals surface area (Å²) in [7, 11) is 0. The van der Waals surface area contributed by atoms with Gasteiger partial charge in [-0.25, -0.2) is 4.98 Å².